The van der Waals surface area contributed by atoms with E-state index >= 15 is 0 Å². The van der Waals surface area contributed by atoms with Gasteiger partial charge in [0.05, 0.1) is 16.2 Å². The van der Waals surface area contributed by atoms with Gasteiger partial charge in [-0.2, -0.15) is 11.8 Å². The molecular formula is C18H16N2O4S. The predicted molar refractivity (Wildman–Crippen MR) is 99.2 cm³/mol. The Bertz CT molecular complexity index is 965. The SMILES string of the molecule is CSCc1c(C(=O)Nc2cccc([N+](=O)[O-])c2C)oc2ccccc12. The fourth-order valence-corrected chi connectivity index (χ4v) is 3.28. The first-order valence-corrected chi connectivity index (χ1v) is 8.97. The number of hydrogen-bond donors (Lipinski definition) is 1. The molecule has 0 spiro atoms. The van der Waals surface area contributed by atoms with Gasteiger partial charge in [0.25, 0.3) is 11.6 Å². The predicted octanol–water partition coefficient (Wildman–Crippen LogP) is 4.76. The average molecular weight is 356 g/mol. The zero-order valence-electron chi connectivity index (χ0n) is 13.7. The van der Waals surface area contributed by atoms with Gasteiger partial charge >= 0.3 is 0 Å². The highest BCUT2D eigenvalue weighted by Crippen LogP contribution is 2.30. The van der Waals surface area contributed by atoms with Crippen molar-refractivity contribution in [1.29, 1.82) is 0 Å². The molecule has 1 N–H and O–H groups in total. The Morgan fingerprint density at radius 3 is 2.72 bits per heavy atom. The number of carbonyl (C=O) groups is 1. The highest BCUT2D eigenvalue weighted by atomic mass is 32.2. The van der Waals surface area contributed by atoms with E-state index in [4.69, 9.17) is 4.42 Å². The second-order valence-corrected chi connectivity index (χ2v) is 6.37. The molecule has 1 heterocycles. The molecule has 2 aromatic carbocycles. The lowest BCUT2D eigenvalue weighted by molar-refractivity contribution is -0.385. The molecule has 1 amide bonds. The number of thioether (sulfide) groups is 1. The van der Waals surface area contributed by atoms with Crippen molar-refractivity contribution in [2.75, 3.05) is 11.6 Å². The van der Waals surface area contributed by atoms with E-state index in [2.05, 4.69) is 5.32 Å². The molecule has 128 valence electrons. The lowest BCUT2D eigenvalue weighted by Crippen LogP contribution is -2.14. The van der Waals surface area contributed by atoms with Gasteiger partial charge in [0, 0.05) is 22.8 Å². The second kappa shape index (κ2) is 6.98. The fourth-order valence-electron chi connectivity index (χ4n) is 2.71. The molecule has 0 atom stereocenters. The smallest absolute Gasteiger partial charge is 0.291 e. The third-order valence-electron chi connectivity index (χ3n) is 3.94. The normalized spacial score (nSPS) is 10.8. The summed E-state index contributed by atoms with van der Waals surface area (Å²) in [5, 5.41) is 14.7. The average Bonchev–Trinajstić information content (AvgIpc) is 2.96. The van der Waals surface area contributed by atoms with Crippen LogP contribution in [0.3, 0.4) is 0 Å². The minimum absolute atomic E-state index is 0.0354. The first-order chi connectivity index (χ1) is 12.0. The zero-order valence-corrected chi connectivity index (χ0v) is 14.6. The van der Waals surface area contributed by atoms with Gasteiger partial charge in [-0.1, -0.05) is 24.3 Å². The van der Waals surface area contributed by atoms with Gasteiger partial charge < -0.3 is 9.73 Å². The number of nitrogens with zero attached hydrogens (tertiary/aromatic N) is 1. The van der Waals surface area contributed by atoms with E-state index in [0.29, 0.717) is 22.6 Å². The Balaban J connectivity index is 2.00. The van der Waals surface area contributed by atoms with Crippen molar-refractivity contribution < 1.29 is 14.1 Å². The molecular weight excluding hydrogens is 340 g/mol. The molecule has 0 aliphatic heterocycles. The van der Waals surface area contributed by atoms with Crippen LogP contribution in [0.1, 0.15) is 21.7 Å². The monoisotopic (exact) mass is 356 g/mol. The number of nitrogens with one attached hydrogen (secondary N) is 1. The molecule has 0 fully saturated rings. The van der Waals surface area contributed by atoms with E-state index < -0.39 is 10.8 Å². The van der Waals surface area contributed by atoms with Gasteiger partial charge in [0.15, 0.2) is 5.76 Å². The number of nitro groups is 1. The van der Waals surface area contributed by atoms with Crippen LogP contribution in [-0.2, 0) is 5.75 Å². The molecule has 3 rings (SSSR count). The molecule has 6 nitrogen and oxygen atoms in total. The van der Waals surface area contributed by atoms with Crippen molar-refractivity contribution in [3.8, 4) is 0 Å². The number of anilines is 1. The van der Waals surface area contributed by atoms with Crippen molar-refractivity contribution in [2.24, 2.45) is 0 Å². The molecule has 25 heavy (non-hydrogen) atoms. The summed E-state index contributed by atoms with van der Waals surface area (Å²) in [5.74, 6) is 0.457. The van der Waals surface area contributed by atoms with Gasteiger partial charge in [-0.25, -0.2) is 0 Å². The Morgan fingerprint density at radius 1 is 1.24 bits per heavy atom. The summed E-state index contributed by atoms with van der Waals surface area (Å²) in [5.41, 5.74) is 2.24. The van der Waals surface area contributed by atoms with Crippen LogP contribution < -0.4 is 5.32 Å². The van der Waals surface area contributed by atoms with Crippen molar-refractivity contribution in [2.45, 2.75) is 12.7 Å². The molecule has 0 radical (unpaired) electrons. The zero-order chi connectivity index (χ0) is 18.0. The van der Waals surface area contributed by atoms with Crippen molar-refractivity contribution >= 4 is 40.0 Å². The quantitative estimate of drug-likeness (QED) is 0.526. The molecule has 0 unspecified atom stereocenters. The lowest BCUT2D eigenvalue weighted by Gasteiger charge is -2.08. The fraction of sp³-hybridized carbons (Fsp3) is 0.167. The molecule has 3 aromatic rings. The number of hydrogen-bond acceptors (Lipinski definition) is 5. The van der Waals surface area contributed by atoms with Crippen LogP contribution >= 0.6 is 11.8 Å². The Kier molecular flexibility index (Phi) is 4.76. The largest absolute Gasteiger partial charge is 0.451 e. The van der Waals surface area contributed by atoms with Crippen LogP contribution in [0.5, 0.6) is 0 Å². The maximum absolute atomic E-state index is 12.7. The van der Waals surface area contributed by atoms with Crippen molar-refractivity contribution in [3.63, 3.8) is 0 Å². The summed E-state index contributed by atoms with van der Waals surface area (Å²) < 4.78 is 5.74. The Labute approximate surface area is 148 Å². The number of para-hydroxylation sites is 1. The van der Waals surface area contributed by atoms with Crippen LogP contribution in [0, 0.1) is 17.0 Å². The van der Waals surface area contributed by atoms with Gasteiger partial charge in [-0.05, 0) is 25.3 Å². The van der Waals surface area contributed by atoms with Crippen molar-refractivity contribution in [1.82, 2.24) is 0 Å². The molecule has 0 saturated heterocycles. The van der Waals surface area contributed by atoms with Gasteiger partial charge in [-0.3, -0.25) is 14.9 Å². The summed E-state index contributed by atoms with van der Waals surface area (Å²) in [6.45, 7) is 1.61. The number of fused-ring (bicyclic) bond motifs is 1. The second-order valence-electron chi connectivity index (χ2n) is 5.50. The summed E-state index contributed by atoms with van der Waals surface area (Å²) in [6.07, 6.45) is 1.95. The van der Waals surface area contributed by atoms with E-state index in [-0.39, 0.29) is 11.4 Å². The first-order valence-electron chi connectivity index (χ1n) is 7.57. The number of benzene rings is 2. The van der Waals surface area contributed by atoms with Gasteiger partial charge in [0.1, 0.15) is 5.58 Å². The lowest BCUT2D eigenvalue weighted by atomic mass is 10.1. The topological polar surface area (TPSA) is 85.4 Å². The number of amides is 1. The molecule has 1 aromatic heterocycles. The van der Waals surface area contributed by atoms with Gasteiger partial charge in [0.2, 0.25) is 0 Å². The highest BCUT2D eigenvalue weighted by molar-refractivity contribution is 7.97. The van der Waals surface area contributed by atoms with Crippen LogP contribution in [0.25, 0.3) is 11.0 Å². The van der Waals surface area contributed by atoms with E-state index in [9.17, 15) is 14.9 Å². The minimum Gasteiger partial charge on any atom is -0.451 e. The maximum Gasteiger partial charge on any atom is 0.291 e. The number of furan rings is 1. The third kappa shape index (κ3) is 3.23. The molecule has 0 aliphatic rings. The highest BCUT2D eigenvalue weighted by Gasteiger charge is 2.22. The minimum atomic E-state index is -0.467. The summed E-state index contributed by atoms with van der Waals surface area (Å²) in [6, 6.07) is 12.1. The number of rotatable bonds is 5. The van der Waals surface area contributed by atoms with E-state index in [1.165, 1.54) is 6.07 Å². The Morgan fingerprint density at radius 2 is 2.00 bits per heavy atom. The maximum atomic E-state index is 12.7. The van der Waals surface area contributed by atoms with Crippen LogP contribution in [-0.4, -0.2) is 17.1 Å². The summed E-state index contributed by atoms with van der Waals surface area (Å²) >= 11 is 1.59. The molecule has 7 heteroatoms. The molecule has 0 aliphatic carbocycles. The first kappa shape index (κ1) is 17.0. The molecule has 0 saturated carbocycles. The Hall–Kier alpha value is -2.80. The van der Waals surface area contributed by atoms with Crippen LogP contribution in [0.2, 0.25) is 0 Å². The van der Waals surface area contributed by atoms with E-state index in [0.717, 1.165) is 10.9 Å². The standard InChI is InChI=1S/C18H16N2O4S/c1-11-14(7-5-8-15(11)20(22)23)19-18(21)17-13(10-25-2)12-6-3-4-9-16(12)24-17/h3-9H,10H2,1-2H3,(H,19,21). The van der Waals surface area contributed by atoms with Crippen LogP contribution in [0.4, 0.5) is 11.4 Å². The number of carbonyl (C=O) groups excluding carboxylic acids is 1. The third-order valence-corrected chi connectivity index (χ3v) is 4.52. The molecule has 0 bridgehead atoms. The van der Waals surface area contributed by atoms with Crippen LogP contribution in [0.15, 0.2) is 46.9 Å². The van der Waals surface area contributed by atoms with E-state index in [1.54, 1.807) is 30.8 Å². The summed E-state index contributed by atoms with van der Waals surface area (Å²) in [7, 11) is 0. The summed E-state index contributed by atoms with van der Waals surface area (Å²) in [4.78, 5) is 23.3. The number of nitro benzene ring substituents is 1. The van der Waals surface area contributed by atoms with Gasteiger partial charge in [-0.15, -0.1) is 0 Å². The van der Waals surface area contributed by atoms with Crippen molar-refractivity contribution in [3.05, 3.63) is 69.5 Å². The van der Waals surface area contributed by atoms with E-state index in [1.807, 2.05) is 30.5 Å².